The van der Waals surface area contributed by atoms with Crippen molar-refractivity contribution in [3.8, 4) is 0 Å². The van der Waals surface area contributed by atoms with E-state index in [4.69, 9.17) is 0 Å². The van der Waals surface area contributed by atoms with Crippen LogP contribution in [0.2, 0.25) is 0 Å². The number of anilines is 2. The molecule has 6 nitrogen and oxygen atoms in total. The highest BCUT2D eigenvalue weighted by Crippen LogP contribution is 2.54. The zero-order chi connectivity index (χ0) is 43.1. The van der Waals surface area contributed by atoms with Crippen LogP contribution in [-0.4, -0.2) is 52.1 Å². The average molecular weight is 817 g/mol. The zero-order valence-corrected chi connectivity index (χ0v) is 30.8. The molecule has 1 amide bonds. The number of hydrogen-bond donors (Lipinski definition) is 4. The summed E-state index contributed by atoms with van der Waals surface area (Å²) in [6, 6.07) is 8.12. The van der Waals surface area contributed by atoms with Crippen molar-refractivity contribution >= 4 is 23.1 Å². The summed E-state index contributed by atoms with van der Waals surface area (Å²) in [6.45, 7) is 9.69. The van der Waals surface area contributed by atoms with Crippen LogP contribution in [0.25, 0.3) is 0 Å². The fourth-order valence-electron chi connectivity index (χ4n) is 5.96. The predicted molar refractivity (Wildman–Crippen MR) is 183 cm³/mol. The van der Waals surface area contributed by atoms with Crippen LogP contribution < -0.4 is 10.6 Å². The molecular formula is C38H40F12N2O4. The molecule has 0 bridgehead atoms. The Bertz CT molecular complexity index is 1870. The van der Waals surface area contributed by atoms with Gasteiger partial charge in [0.25, 0.3) is 17.1 Å². The summed E-state index contributed by atoms with van der Waals surface area (Å²) in [7, 11) is 0. The van der Waals surface area contributed by atoms with Gasteiger partial charge in [0, 0.05) is 44.6 Å². The molecule has 0 aliphatic carbocycles. The van der Waals surface area contributed by atoms with E-state index in [0.717, 1.165) is 30.3 Å². The summed E-state index contributed by atoms with van der Waals surface area (Å²) in [5.41, 5.74) is -20.1. The molecular weight excluding hydrogens is 776 g/mol. The SMILES string of the molecule is CCCC(C)(C)Nc1ccc(Cc2ccc(NC(=O)c3ccc(C(=O)C(C)(C)CC)cc3)c(C(O)(C(F)(F)F)C(F)(F)F)c2)cc1C(O)(C(F)(F)F)C(F)(F)F. The highest BCUT2D eigenvalue weighted by Gasteiger charge is 2.73. The molecule has 56 heavy (non-hydrogen) atoms. The number of hydrogen-bond acceptors (Lipinski definition) is 5. The Morgan fingerprint density at radius 1 is 0.589 bits per heavy atom. The Kier molecular flexibility index (Phi) is 12.8. The number of carbonyl (C=O) groups excluding carboxylic acids is 2. The van der Waals surface area contributed by atoms with Gasteiger partial charge in [-0.05, 0) is 80.6 Å². The van der Waals surface area contributed by atoms with E-state index in [-0.39, 0.29) is 35.5 Å². The topological polar surface area (TPSA) is 98.7 Å². The first-order valence-corrected chi connectivity index (χ1v) is 17.0. The molecule has 3 aromatic carbocycles. The number of rotatable bonds is 13. The lowest BCUT2D eigenvalue weighted by Gasteiger charge is -2.36. The summed E-state index contributed by atoms with van der Waals surface area (Å²) < 4.78 is 170. The van der Waals surface area contributed by atoms with Crippen LogP contribution in [0.15, 0.2) is 60.7 Å². The van der Waals surface area contributed by atoms with E-state index in [1.807, 2.05) is 5.32 Å². The summed E-state index contributed by atoms with van der Waals surface area (Å²) in [5, 5.41) is 25.2. The number of ketones is 1. The second kappa shape index (κ2) is 15.6. The molecule has 3 aromatic rings. The minimum Gasteiger partial charge on any atom is -0.380 e. The number of aliphatic hydroxyl groups is 2. The molecule has 4 N–H and O–H groups in total. The van der Waals surface area contributed by atoms with Gasteiger partial charge in [0.2, 0.25) is 0 Å². The van der Waals surface area contributed by atoms with E-state index in [2.05, 4.69) is 5.32 Å². The van der Waals surface area contributed by atoms with Crippen molar-refractivity contribution in [2.75, 3.05) is 10.6 Å². The summed E-state index contributed by atoms with van der Waals surface area (Å²) in [6.07, 6.45) is -25.5. The van der Waals surface area contributed by atoms with E-state index in [9.17, 15) is 72.5 Å². The Labute approximate surface area is 314 Å². The zero-order valence-electron chi connectivity index (χ0n) is 30.8. The van der Waals surface area contributed by atoms with Gasteiger partial charge < -0.3 is 20.8 Å². The van der Waals surface area contributed by atoms with Crippen LogP contribution in [0.5, 0.6) is 0 Å². The van der Waals surface area contributed by atoms with Crippen molar-refractivity contribution < 1.29 is 72.5 Å². The number of nitrogens with one attached hydrogen (secondary N) is 2. The van der Waals surface area contributed by atoms with E-state index in [1.165, 1.54) is 26.0 Å². The number of alkyl halides is 12. The molecule has 18 heteroatoms. The molecule has 0 aromatic heterocycles. The molecule has 3 rings (SSSR count). The quantitative estimate of drug-likeness (QED) is 0.102. The molecule has 0 atom stereocenters. The van der Waals surface area contributed by atoms with Crippen LogP contribution in [0.1, 0.15) is 104 Å². The highest BCUT2D eigenvalue weighted by molar-refractivity contribution is 6.06. The molecule has 0 radical (unpaired) electrons. The fourth-order valence-corrected chi connectivity index (χ4v) is 5.96. The Morgan fingerprint density at radius 2 is 0.982 bits per heavy atom. The molecule has 0 aliphatic rings. The van der Waals surface area contributed by atoms with E-state index in [1.54, 1.807) is 27.7 Å². The van der Waals surface area contributed by atoms with Gasteiger partial charge in [-0.15, -0.1) is 0 Å². The maximum Gasteiger partial charge on any atom is 0.430 e. The van der Waals surface area contributed by atoms with Crippen molar-refractivity contribution in [1.29, 1.82) is 0 Å². The van der Waals surface area contributed by atoms with Gasteiger partial charge in [0.05, 0.1) is 0 Å². The highest BCUT2D eigenvalue weighted by atomic mass is 19.4. The molecule has 310 valence electrons. The molecule has 0 fully saturated rings. The third kappa shape index (κ3) is 9.11. The van der Waals surface area contributed by atoms with Crippen LogP contribution in [0.3, 0.4) is 0 Å². The van der Waals surface area contributed by atoms with E-state index >= 15 is 0 Å². The lowest BCUT2D eigenvalue weighted by molar-refractivity contribution is -0.376. The monoisotopic (exact) mass is 816 g/mol. The van der Waals surface area contributed by atoms with Crippen LogP contribution in [0.4, 0.5) is 64.1 Å². The fraction of sp³-hybridized carbons (Fsp3) is 0.474. The number of amides is 1. The van der Waals surface area contributed by atoms with Gasteiger partial charge in [-0.3, -0.25) is 9.59 Å². The summed E-state index contributed by atoms with van der Waals surface area (Å²) >= 11 is 0. The third-order valence-corrected chi connectivity index (χ3v) is 9.50. The molecule has 0 saturated carbocycles. The molecule has 0 unspecified atom stereocenters. The van der Waals surface area contributed by atoms with Gasteiger partial charge in [0.15, 0.2) is 5.78 Å². The van der Waals surface area contributed by atoms with Crippen LogP contribution in [-0.2, 0) is 17.6 Å². The standard InChI is InChI=1S/C38H40F12N2O4/c1-7-17-32(5,6)52-28-16-10-22(20-26(28)34(56,37(45,46)47)38(48,49)50)18-21-9-15-27(25(19-21)33(55,35(39,40)41)36(42,43)44)51-30(54)24-13-11-23(12-14-24)29(53)31(3,4)8-2/h9-16,19-20,52,55-56H,7-8,17-18H2,1-6H3,(H,51,54). The number of benzene rings is 3. The van der Waals surface area contributed by atoms with Crippen molar-refractivity contribution in [3.63, 3.8) is 0 Å². The smallest absolute Gasteiger partial charge is 0.380 e. The predicted octanol–water partition coefficient (Wildman–Crippen LogP) is 10.8. The molecule has 0 heterocycles. The average Bonchev–Trinajstić information content (AvgIpc) is 3.06. The van der Waals surface area contributed by atoms with Crippen LogP contribution >= 0.6 is 0 Å². The van der Waals surface area contributed by atoms with E-state index < -0.39 is 92.8 Å². The van der Waals surface area contributed by atoms with E-state index in [0.29, 0.717) is 18.9 Å². The number of halogens is 12. The number of carbonyl (C=O) groups is 2. The lowest BCUT2D eigenvalue weighted by Crippen LogP contribution is -2.54. The Morgan fingerprint density at radius 3 is 1.38 bits per heavy atom. The normalized spacial score (nSPS) is 13.8. The van der Waals surface area contributed by atoms with Crippen molar-refractivity contribution in [1.82, 2.24) is 0 Å². The largest absolute Gasteiger partial charge is 0.430 e. The van der Waals surface area contributed by atoms with Gasteiger partial charge in [-0.1, -0.05) is 58.4 Å². The van der Waals surface area contributed by atoms with Gasteiger partial charge in [0.1, 0.15) is 0 Å². The maximum atomic E-state index is 14.2. The van der Waals surface area contributed by atoms with Gasteiger partial charge in [-0.2, -0.15) is 52.7 Å². The minimum absolute atomic E-state index is 0.154. The molecule has 0 spiro atoms. The van der Waals surface area contributed by atoms with Gasteiger partial charge >= 0.3 is 24.7 Å². The van der Waals surface area contributed by atoms with Gasteiger partial charge in [-0.25, -0.2) is 0 Å². The summed E-state index contributed by atoms with van der Waals surface area (Å²) in [4.78, 5) is 25.9. The van der Waals surface area contributed by atoms with Crippen molar-refractivity contribution in [3.05, 3.63) is 94.0 Å². The lowest BCUT2D eigenvalue weighted by atomic mass is 9.82. The first-order valence-electron chi connectivity index (χ1n) is 17.0. The maximum absolute atomic E-state index is 14.2. The Hall–Kier alpha value is -4.32. The minimum atomic E-state index is -6.49. The second-order valence-electron chi connectivity index (χ2n) is 14.7. The number of Topliss-reactive ketones (excluding diaryl/α,β-unsaturated/α-hetero) is 1. The molecule has 0 saturated heterocycles. The third-order valence-electron chi connectivity index (χ3n) is 9.50. The van der Waals surface area contributed by atoms with Crippen molar-refractivity contribution in [2.24, 2.45) is 5.41 Å². The van der Waals surface area contributed by atoms with Crippen molar-refractivity contribution in [2.45, 2.75) is 109 Å². The first-order chi connectivity index (χ1) is 25.3. The van der Waals surface area contributed by atoms with Crippen LogP contribution in [0, 0.1) is 5.41 Å². The first kappa shape index (κ1) is 46.1. The Balaban J connectivity index is 2.22. The summed E-state index contributed by atoms with van der Waals surface area (Å²) in [5.74, 6) is -1.58. The molecule has 0 aliphatic heterocycles. The second-order valence-corrected chi connectivity index (χ2v) is 14.7.